The minimum absolute atomic E-state index is 0.0621. The van der Waals surface area contributed by atoms with Crippen molar-refractivity contribution in [1.29, 1.82) is 0 Å². The van der Waals surface area contributed by atoms with Crippen LogP contribution in [0.3, 0.4) is 0 Å². The number of nitrogens with zero attached hydrogens (tertiary/aromatic N) is 4. The van der Waals surface area contributed by atoms with Crippen LogP contribution < -0.4 is 0 Å². The number of H-pyrrole nitrogens is 1. The van der Waals surface area contributed by atoms with Crippen molar-refractivity contribution >= 4 is 16.9 Å². The molecule has 2 aromatic heterocycles. The zero-order valence-electron chi connectivity index (χ0n) is 16.7. The summed E-state index contributed by atoms with van der Waals surface area (Å²) in [6, 6.07) is 11.1. The van der Waals surface area contributed by atoms with E-state index < -0.39 is 0 Å². The van der Waals surface area contributed by atoms with E-state index >= 15 is 0 Å². The van der Waals surface area contributed by atoms with Gasteiger partial charge in [0.2, 0.25) is 5.91 Å². The van der Waals surface area contributed by atoms with Crippen LogP contribution in [0, 0.1) is 0 Å². The molecule has 1 aliphatic rings. The summed E-state index contributed by atoms with van der Waals surface area (Å²) in [4.78, 5) is 19.6. The van der Waals surface area contributed by atoms with E-state index in [1.54, 1.807) is 18.2 Å². The van der Waals surface area contributed by atoms with Crippen molar-refractivity contribution in [3.05, 3.63) is 54.2 Å². The average molecular weight is 391 g/mol. The first-order valence-corrected chi connectivity index (χ1v) is 9.76. The lowest BCUT2D eigenvalue weighted by Crippen LogP contribution is -2.26. The minimum Gasteiger partial charge on any atom is -0.507 e. The van der Waals surface area contributed by atoms with Gasteiger partial charge in [-0.25, -0.2) is 0 Å². The number of aromatic amines is 1. The monoisotopic (exact) mass is 391 g/mol. The molecular formula is C22H25N5O2. The number of phenols is 1. The second kappa shape index (κ2) is 8.05. The standard InChI is InChI=1S/C22H25N5O2/c1-26(2)10-5-8-21(29)27-11-9-15(14-27)18-12-16-13-19(24-25-22(16)23-18)17-6-3-4-7-20(17)28/h3-8,12-13,15,28H,9-11,14H2,1-2H3,(H,23,25)/b8-5+. The number of hydrogen-bond acceptors (Lipinski definition) is 5. The van der Waals surface area contributed by atoms with Crippen LogP contribution in [0.25, 0.3) is 22.3 Å². The number of benzene rings is 1. The van der Waals surface area contributed by atoms with Gasteiger partial charge in [0.15, 0.2) is 5.65 Å². The number of nitrogens with one attached hydrogen (secondary N) is 1. The molecule has 3 aromatic rings. The summed E-state index contributed by atoms with van der Waals surface area (Å²) in [5, 5.41) is 19.6. The fourth-order valence-corrected chi connectivity index (χ4v) is 3.68. The molecule has 1 unspecified atom stereocenters. The van der Waals surface area contributed by atoms with Crippen LogP contribution in [0.5, 0.6) is 5.75 Å². The van der Waals surface area contributed by atoms with Gasteiger partial charge in [-0.15, -0.1) is 10.2 Å². The number of likely N-dealkylation sites (tertiary alicyclic amines) is 1. The highest BCUT2D eigenvalue weighted by Gasteiger charge is 2.27. The lowest BCUT2D eigenvalue weighted by Gasteiger charge is -2.14. The Bertz CT molecular complexity index is 1060. The summed E-state index contributed by atoms with van der Waals surface area (Å²) in [6.45, 7) is 2.20. The first kappa shape index (κ1) is 19.1. The van der Waals surface area contributed by atoms with E-state index in [1.807, 2.05) is 48.2 Å². The van der Waals surface area contributed by atoms with Gasteiger partial charge in [-0.1, -0.05) is 18.2 Å². The molecule has 0 spiro atoms. The molecule has 0 bridgehead atoms. The summed E-state index contributed by atoms with van der Waals surface area (Å²) < 4.78 is 0. The molecule has 1 aliphatic heterocycles. The van der Waals surface area contributed by atoms with Gasteiger partial charge in [0.25, 0.3) is 0 Å². The Kier molecular flexibility index (Phi) is 5.31. The number of carbonyl (C=O) groups excluding carboxylic acids is 1. The van der Waals surface area contributed by atoms with Gasteiger partial charge >= 0.3 is 0 Å². The molecule has 0 radical (unpaired) electrons. The molecule has 1 saturated heterocycles. The third-order valence-electron chi connectivity index (χ3n) is 5.25. The molecule has 7 nitrogen and oxygen atoms in total. The molecule has 29 heavy (non-hydrogen) atoms. The normalized spacial score (nSPS) is 17.1. The third kappa shape index (κ3) is 4.14. The fraction of sp³-hybridized carbons (Fsp3) is 0.318. The maximum Gasteiger partial charge on any atom is 0.246 e. The van der Waals surface area contributed by atoms with Crippen molar-refractivity contribution in [3.8, 4) is 17.0 Å². The van der Waals surface area contributed by atoms with Gasteiger partial charge in [0.1, 0.15) is 5.75 Å². The SMILES string of the molecule is CN(C)C/C=C/C(=O)N1CCC(c2cc3cc(-c4ccccc4O)nnc3[nH]2)C1. The lowest BCUT2D eigenvalue weighted by atomic mass is 10.0. The van der Waals surface area contributed by atoms with Crippen molar-refractivity contribution in [1.82, 2.24) is 25.0 Å². The second-order valence-electron chi connectivity index (χ2n) is 7.71. The highest BCUT2D eigenvalue weighted by molar-refractivity contribution is 5.88. The van der Waals surface area contributed by atoms with Crippen LogP contribution in [0.1, 0.15) is 18.0 Å². The van der Waals surface area contributed by atoms with Crippen LogP contribution in [-0.2, 0) is 4.79 Å². The summed E-state index contributed by atoms with van der Waals surface area (Å²) in [6.07, 6.45) is 4.48. The van der Waals surface area contributed by atoms with Crippen molar-refractivity contribution in [2.45, 2.75) is 12.3 Å². The number of carbonyl (C=O) groups is 1. The van der Waals surface area contributed by atoms with Crippen LogP contribution in [-0.4, -0.2) is 69.7 Å². The molecule has 0 saturated carbocycles. The quantitative estimate of drug-likeness (QED) is 0.653. The first-order chi connectivity index (χ1) is 14.0. The number of rotatable bonds is 5. The number of aromatic nitrogens is 3. The van der Waals surface area contributed by atoms with E-state index in [-0.39, 0.29) is 17.6 Å². The summed E-state index contributed by atoms with van der Waals surface area (Å²) in [5.74, 6) is 0.500. The van der Waals surface area contributed by atoms with Gasteiger partial charge in [-0.2, -0.15) is 0 Å². The molecule has 1 aromatic carbocycles. The van der Waals surface area contributed by atoms with Crippen LogP contribution in [0.4, 0.5) is 0 Å². The van der Waals surface area contributed by atoms with Crippen LogP contribution in [0.2, 0.25) is 0 Å². The molecule has 1 atom stereocenters. The maximum absolute atomic E-state index is 12.4. The number of likely N-dealkylation sites (N-methyl/N-ethyl adjacent to an activating group) is 1. The molecule has 3 heterocycles. The summed E-state index contributed by atoms with van der Waals surface area (Å²) in [5.41, 5.74) is 3.08. The number of fused-ring (bicyclic) bond motifs is 1. The van der Waals surface area contributed by atoms with Gasteiger partial charge in [0, 0.05) is 48.3 Å². The van der Waals surface area contributed by atoms with Crippen LogP contribution >= 0.6 is 0 Å². The van der Waals surface area contributed by atoms with Crippen molar-refractivity contribution < 1.29 is 9.90 Å². The van der Waals surface area contributed by atoms with E-state index in [0.29, 0.717) is 17.8 Å². The molecule has 2 N–H and O–H groups in total. The first-order valence-electron chi connectivity index (χ1n) is 9.76. The molecule has 4 rings (SSSR count). The van der Waals surface area contributed by atoms with Crippen molar-refractivity contribution in [2.24, 2.45) is 0 Å². The second-order valence-corrected chi connectivity index (χ2v) is 7.71. The summed E-state index contributed by atoms with van der Waals surface area (Å²) >= 11 is 0. The Balaban J connectivity index is 1.50. The van der Waals surface area contributed by atoms with E-state index in [0.717, 1.165) is 36.2 Å². The van der Waals surface area contributed by atoms with Gasteiger partial charge in [-0.3, -0.25) is 4.79 Å². The van der Waals surface area contributed by atoms with E-state index in [1.165, 1.54) is 0 Å². The highest BCUT2D eigenvalue weighted by atomic mass is 16.3. The van der Waals surface area contributed by atoms with E-state index in [2.05, 4.69) is 21.2 Å². The number of aromatic hydroxyl groups is 1. The fourth-order valence-electron chi connectivity index (χ4n) is 3.68. The topological polar surface area (TPSA) is 85.3 Å². The maximum atomic E-state index is 12.4. The Morgan fingerprint density at radius 2 is 2.14 bits per heavy atom. The predicted octanol–water partition coefficient (Wildman–Crippen LogP) is 2.76. The Morgan fingerprint density at radius 3 is 2.93 bits per heavy atom. The Morgan fingerprint density at radius 1 is 1.31 bits per heavy atom. The zero-order chi connectivity index (χ0) is 20.4. The van der Waals surface area contributed by atoms with Crippen LogP contribution in [0.15, 0.2) is 48.6 Å². The largest absolute Gasteiger partial charge is 0.507 e. The summed E-state index contributed by atoms with van der Waals surface area (Å²) in [7, 11) is 3.95. The lowest BCUT2D eigenvalue weighted by molar-refractivity contribution is -0.125. The number of phenolic OH excluding ortho intramolecular Hbond substituents is 1. The molecule has 1 amide bonds. The van der Waals surface area contributed by atoms with Gasteiger partial charge < -0.3 is 19.9 Å². The minimum atomic E-state index is 0.0621. The van der Waals surface area contributed by atoms with Crippen molar-refractivity contribution in [3.63, 3.8) is 0 Å². The molecule has 1 fully saturated rings. The van der Waals surface area contributed by atoms with Gasteiger partial charge in [0.05, 0.1) is 5.69 Å². The number of para-hydroxylation sites is 1. The van der Waals surface area contributed by atoms with E-state index in [4.69, 9.17) is 0 Å². The Hall–Kier alpha value is -3.19. The molecular weight excluding hydrogens is 366 g/mol. The van der Waals surface area contributed by atoms with E-state index in [9.17, 15) is 9.90 Å². The molecule has 7 heteroatoms. The Labute approximate surface area is 169 Å². The third-order valence-corrected chi connectivity index (χ3v) is 5.25. The number of amides is 1. The average Bonchev–Trinajstić information content (AvgIpc) is 3.34. The predicted molar refractivity (Wildman–Crippen MR) is 113 cm³/mol. The zero-order valence-corrected chi connectivity index (χ0v) is 16.7. The smallest absolute Gasteiger partial charge is 0.246 e. The van der Waals surface area contributed by atoms with Gasteiger partial charge in [-0.05, 0) is 44.8 Å². The molecule has 150 valence electrons. The molecule has 0 aliphatic carbocycles. The number of hydrogen-bond donors (Lipinski definition) is 2. The highest BCUT2D eigenvalue weighted by Crippen LogP contribution is 2.31. The van der Waals surface area contributed by atoms with Crippen molar-refractivity contribution in [2.75, 3.05) is 33.7 Å².